The van der Waals surface area contributed by atoms with Crippen LogP contribution in [-0.2, 0) is 13.5 Å². The molecule has 11 heteroatoms. The molecule has 0 aliphatic rings. The zero-order chi connectivity index (χ0) is 21.3. The minimum absolute atomic E-state index is 0.00484. The molecule has 0 saturated heterocycles. The van der Waals surface area contributed by atoms with E-state index < -0.39 is 22.9 Å². The second-order valence-electron chi connectivity index (χ2n) is 6.21. The number of hydrogen-bond donors (Lipinski definition) is 3. The maximum atomic E-state index is 12.4. The Morgan fingerprint density at radius 3 is 2.21 bits per heavy atom. The molecule has 0 aliphatic heterocycles. The van der Waals surface area contributed by atoms with Crippen molar-refractivity contribution in [3.05, 3.63) is 54.6 Å². The lowest BCUT2D eigenvalue weighted by Crippen LogP contribution is -2.32. The largest absolute Gasteiger partial charge is 0.493 e. The summed E-state index contributed by atoms with van der Waals surface area (Å²) in [6.45, 7) is 0. The quantitative estimate of drug-likeness (QED) is 0.503. The Labute approximate surface area is 163 Å². The number of aromatic nitrogens is 4. The van der Waals surface area contributed by atoms with Gasteiger partial charge in [-0.1, -0.05) is 0 Å². The van der Waals surface area contributed by atoms with Gasteiger partial charge in [-0.2, -0.15) is 0 Å². The molecule has 0 bridgehead atoms. The first kappa shape index (κ1) is 20.1. The third kappa shape index (κ3) is 3.59. The number of rotatable bonds is 6. The molecule has 0 radical (unpaired) electrons. The highest BCUT2D eigenvalue weighted by Gasteiger charge is 2.20. The molecule has 3 rings (SSSR count). The van der Waals surface area contributed by atoms with E-state index in [1.54, 1.807) is 12.1 Å². The fourth-order valence-electron chi connectivity index (χ4n) is 2.95. The van der Waals surface area contributed by atoms with Crippen LogP contribution in [0.1, 0.15) is 17.4 Å². The average molecular weight is 404 g/mol. The summed E-state index contributed by atoms with van der Waals surface area (Å²) < 4.78 is 16.8. The van der Waals surface area contributed by atoms with Crippen LogP contribution in [0.4, 0.5) is 0 Å². The van der Waals surface area contributed by atoms with E-state index in [1.165, 1.54) is 28.4 Å². The topological polar surface area (TPSA) is 149 Å². The third-order valence-corrected chi connectivity index (χ3v) is 4.50. The van der Waals surface area contributed by atoms with E-state index in [0.29, 0.717) is 22.8 Å². The lowest BCUT2D eigenvalue weighted by Gasteiger charge is -2.17. The van der Waals surface area contributed by atoms with Crippen molar-refractivity contribution in [1.82, 2.24) is 19.5 Å². The highest BCUT2D eigenvalue weighted by atomic mass is 16.5. The standard InChI is InChI=1S/C18H20N4O7/c1-22-15-13(17(25)21-18(22)26)19-9(16(24)20-15)7-10(23)8-5-11(27-2)14(29-4)12(6-8)28-3/h5-6,10,23H,7H2,1-4H3,(H,20,24)(H,21,25,26)/t10-/m1/s1. The molecule has 0 amide bonds. The maximum Gasteiger partial charge on any atom is 0.329 e. The van der Waals surface area contributed by atoms with Crippen molar-refractivity contribution in [3.63, 3.8) is 0 Å². The molecule has 1 aromatic carbocycles. The second kappa shape index (κ2) is 7.80. The molecule has 29 heavy (non-hydrogen) atoms. The van der Waals surface area contributed by atoms with Gasteiger partial charge in [-0.15, -0.1) is 0 Å². The summed E-state index contributed by atoms with van der Waals surface area (Å²) in [7, 11) is 5.74. The molecule has 2 aromatic heterocycles. The van der Waals surface area contributed by atoms with Crippen molar-refractivity contribution in [2.75, 3.05) is 21.3 Å². The van der Waals surface area contributed by atoms with Crippen LogP contribution in [0.2, 0.25) is 0 Å². The van der Waals surface area contributed by atoms with Crippen LogP contribution < -0.4 is 31.0 Å². The number of aryl methyl sites for hydroxylation is 1. The molecule has 0 aliphatic carbocycles. The fraction of sp³-hybridized carbons (Fsp3) is 0.333. The molecular weight excluding hydrogens is 384 g/mol. The summed E-state index contributed by atoms with van der Waals surface area (Å²) in [5.41, 5.74) is -1.82. The van der Waals surface area contributed by atoms with Gasteiger partial charge in [0.15, 0.2) is 17.0 Å². The summed E-state index contributed by atoms with van der Waals surface area (Å²) >= 11 is 0. The minimum Gasteiger partial charge on any atom is -0.493 e. The summed E-state index contributed by atoms with van der Waals surface area (Å²) in [5, 5.41) is 10.7. The normalized spacial score (nSPS) is 12.0. The number of hydrogen-bond acceptors (Lipinski definition) is 8. The number of H-pyrrole nitrogens is 2. The summed E-state index contributed by atoms with van der Waals surface area (Å²) in [5.74, 6) is 1.04. The monoisotopic (exact) mass is 404 g/mol. The van der Waals surface area contributed by atoms with E-state index in [1.807, 2.05) is 0 Å². The number of fused-ring (bicyclic) bond motifs is 1. The van der Waals surface area contributed by atoms with Crippen molar-refractivity contribution in [3.8, 4) is 17.2 Å². The first-order chi connectivity index (χ1) is 13.8. The Hall–Kier alpha value is -3.60. The van der Waals surface area contributed by atoms with Crippen LogP contribution in [0.15, 0.2) is 26.5 Å². The number of nitrogens with zero attached hydrogens (tertiary/aromatic N) is 2. The van der Waals surface area contributed by atoms with Gasteiger partial charge in [0.05, 0.1) is 27.4 Å². The molecule has 11 nitrogen and oxygen atoms in total. The van der Waals surface area contributed by atoms with E-state index in [0.717, 1.165) is 4.57 Å². The zero-order valence-electron chi connectivity index (χ0n) is 16.2. The maximum absolute atomic E-state index is 12.4. The van der Waals surface area contributed by atoms with Crippen LogP contribution >= 0.6 is 0 Å². The van der Waals surface area contributed by atoms with Gasteiger partial charge in [0, 0.05) is 13.5 Å². The number of aromatic amines is 2. The van der Waals surface area contributed by atoms with Crippen LogP contribution in [0.3, 0.4) is 0 Å². The van der Waals surface area contributed by atoms with Gasteiger partial charge < -0.3 is 24.3 Å². The van der Waals surface area contributed by atoms with Gasteiger partial charge in [-0.3, -0.25) is 19.1 Å². The van der Waals surface area contributed by atoms with E-state index in [4.69, 9.17) is 14.2 Å². The van der Waals surface area contributed by atoms with Gasteiger partial charge in [0.2, 0.25) is 5.75 Å². The molecular formula is C18H20N4O7. The Morgan fingerprint density at radius 1 is 1.03 bits per heavy atom. The number of benzene rings is 1. The number of nitrogens with one attached hydrogen (secondary N) is 2. The molecule has 1 atom stereocenters. The Balaban J connectivity index is 2.05. The smallest absolute Gasteiger partial charge is 0.329 e. The van der Waals surface area contributed by atoms with Gasteiger partial charge in [-0.05, 0) is 17.7 Å². The molecule has 0 saturated carbocycles. The lowest BCUT2D eigenvalue weighted by molar-refractivity contribution is 0.175. The van der Waals surface area contributed by atoms with Crippen LogP contribution in [0, 0.1) is 0 Å². The lowest BCUT2D eigenvalue weighted by atomic mass is 10.0. The van der Waals surface area contributed by atoms with Crippen molar-refractivity contribution in [2.24, 2.45) is 7.05 Å². The Morgan fingerprint density at radius 2 is 1.66 bits per heavy atom. The van der Waals surface area contributed by atoms with Crippen molar-refractivity contribution in [1.29, 1.82) is 0 Å². The van der Waals surface area contributed by atoms with Gasteiger partial charge >= 0.3 is 5.69 Å². The molecule has 2 heterocycles. The molecule has 0 spiro atoms. The third-order valence-electron chi connectivity index (χ3n) is 4.50. The minimum atomic E-state index is -1.15. The molecule has 3 aromatic rings. The van der Waals surface area contributed by atoms with Crippen molar-refractivity contribution >= 4 is 11.2 Å². The summed E-state index contributed by atoms with van der Waals surface area (Å²) in [4.78, 5) is 44.8. The first-order valence-electron chi connectivity index (χ1n) is 8.50. The predicted octanol–water partition coefficient (Wildman–Crippen LogP) is -0.388. The highest BCUT2D eigenvalue weighted by Crippen LogP contribution is 2.40. The van der Waals surface area contributed by atoms with Gasteiger partial charge in [0.1, 0.15) is 11.3 Å². The average Bonchev–Trinajstić information content (AvgIpc) is 2.71. The van der Waals surface area contributed by atoms with Crippen LogP contribution in [-0.4, -0.2) is 46.0 Å². The Kier molecular flexibility index (Phi) is 5.41. The summed E-state index contributed by atoms with van der Waals surface area (Å²) in [6.07, 6.45) is -1.34. The first-order valence-corrected chi connectivity index (χ1v) is 8.50. The van der Waals surface area contributed by atoms with Crippen molar-refractivity contribution < 1.29 is 19.3 Å². The zero-order valence-corrected chi connectivity index (χ0v) is 16.2. The van der Waals surface area contributed by atoms with E-state index in [2.05, 4.69) is 15.0 Å². The number of methoxy groups -OCH3 is 3. The van der Waals surface area contributed by atoms with Crippen LogP contribution in [0.5, 0.6) is 17.2 Å². The van der Waals surface area contributed by atoms with Gasteiger partial charge in [-0.25, -0.2) is 9.78 Å². The number of ether oxygens (including phenoxy) is 3. The van der Waals surface area contributed by atoms with Crippen LogP contribution in [0.25, 0.3) is 11.2 Å². The fourth-order valence-corrected chi connectivity index (χ4v) is 2.95. The SMILES string of the molecule is COc1cc([C@H](O)Cc2nc3c(=O)[nH]c(=O)n(C)c3[nH]c2=O)cc(OC)c1OC. The predicted molar refractivity (Wildman–Crippen MR) is 103 cm³/mol. The Bertz CT molecular complexity index is 1220. The molecule has 3 N–H and O–H groups in total. The number of aliphatic hydroxyl groups is 1. The van der Waals surface area contributed by atoms with Crippen molar-refractivity contribution in [2.45, 2.75) is 12.5 Å². The molecule has 0 fully saturated rings. The van der Waals surface area contributed by atoms with Gasteiger partial charge in [0.25, 0.3) is 11.1 Å². The number of aliphatic hydroxyl groups excluding tert-OH is 1. The summed E-state index contributed by atoms with van der Waals surface area (Å²) in [6, 6.07) is 3.11. The molecule has 154 valence electrons. The second-order valence-corrected chi connectivity index (χ2v) is 6.21. The van der Waals surface area contributed by atoms with E-state index >= 15 is 0 Å². The van der Waals surface area contributed by atoms with E-state index in [-0.39, 0.29) is 23.3 Å². The van der Waals surface area contributed by atoms with E-state index in [9.17, 15) is 19.5 Å². The highest BCUT2D eigenvalue weighted by molar-refractivity contribution is 5.68. The molecule has 0 unspecified atom stereocenters.